The largest absolute Gasteiger partial charge is 0.464 e. The fourth-order valence-corrected chi connectivity index (χ4v) is 7.62. The summed E-state index contributed by atoms with van der Waals surface area (Å²) in [6.07, 6.45) is 1.80. The number of thiophene rings is 1. The van der Waals surface area contributed by atoms with Gasteiger partial charge in [0.25, 0.3) is 0 Å². The number of hydrogen-bond donors (Lipinski definition) is 0. The van der Waals surface area contributed by atoms with Gasteiger partial charge in [-0.05, 0) is 91.0 Å². The zero-order chi connectivity index (χ0) is 26.2. The Balaban J connectivity index is 1.39. The van der Waals surface area contributed by atoms with Crippen LogP contribution in [0.2, 0.25) is 0 Å². The van der Waals surface area contributed by atoms with Gasteiger partial charge in [0.15, 0.2) is 0 Å². The molecule has 0 saturated heterocycles. The predicted octanol–water partition coefficient (Wildman–Crippen LogP) is 11.6. The molecule has 7 aromatic carbocycles. The Morgan fingerprint density at radius 1 is 0.425 bits per heavy atom. The van der Waals surface area contributed by atoms with E-state index >= 15 is 0 Å². The zero-order valence-electron chi connectivity index (χ0n) is 21.5. The summed E-state index contributed by atoms with van der Waals surface area (Å²) in [6.45, 7) is 0. The molecule has 1 nitrogen and oxygen atoms in total. The molecule has 0 spiro atoms. The molecule has 0 fully saturated rings. The summed E-state index contributed by atoms with van der Waals surface area (Å²) in [4.78, 5) is 0. The molecular weight excluding hydrogens is 504 g/mol. The van der Waals surface area contributed by atoms with Crippen LogP contribution >= 0.6 is 11.3 Å². The third-order valence-corrected chi connectivity index (χ3v) is 9.45. The van der Waals surface area contributed by atoms with Crippen molar-refractivity contribution in [3.63, 3.8) is 0 Å². The van der Waals surface area contributed by atoms with Gasteiger partial charge in [0.05, 0.1) is 6.26 Å². The highest BCUT2D eigenvalue weighted by Gasteiger charge is 2.18. The molecule has 9 rings (SSSR count). The van der Waals surface area contributed by atoms with Crippen molar-refractivity contribution in [2.75, 3.05) is 0 Å². The van der Waals surface area contributed by atoms with E-state index in [0.29, 0.717) is 0 Å². The fraction of sp³-hybridized carbons (Fsp3) is 0. The van der Waals surface area contributed by atoms with Crippen molar-refractivity contribution in [1.29, 1.82) is 0 Å². The average molecular weight is 527 g/mol. The van der Waals surface area contributed by atoms with Gasteiger partial charge in [0.1, 0.15) is 5.58 Å². The standard InChI is InChI=1S/C38H22OS/c1-2-8-25-21-26(14-13-23(25)7-1)35-28-9-3-5-11-30(28)36(31-12-6-4-10-29(31)35)27-16-17-33-32(22-27)37-34(40-33)18-15-24-19-20-39-38(24)37/h1-22H. The van der Waals surface area contributed by atoms with Crippen molar-refractivity contribution in [2.45, 2.75) is 0 Å². The van der Waals surface area contributed by atoms with E-state index in [-0.39, 0.29) is 0 Å². The molecule has 0 radical (unpaired) electrons. The van der Waals surface area contributed by atoms with Crippen LogP contribution in [0, 0.1) is 0 Å². The molecule has 2 heteroatoms. The topological polar surface area (TPSA) is 13.1 Å². The molecule has 0 N–H and O–H groups in total. The Morgan fingerprint density at radius 2 is 1.00 bits per heavy atom. The number of fused-ring (bicyclic) bond motifs is 8. The first-order valence-corrected chi connectivity index (χ1v) is 14.4. The Morgan fingerprint density at radius 3 is 1.73 bits per heavy atom. The van der Waals surface area contributed by atoms with Gasteiger partial charge in [-0.15, -0.1) is 11.3 Å². The summed E-state index contributed by atoms with van der Waals surface area (Å²) in [5.41, 5.74) is 6.02. The summed E-state index contributed by atoms with van der Waals surface area (Å²) in [5.74, 6) is 0. The number of rotatable bonds is 2. The van der Waals surface area contributed by atoms with E-state index < -0.39 is 0 Å². The predicted molar refractivity (Wildman–Crippen MR) is 172 cm³/mol. The quantitative estimate of drug-likeness (QED) is 0.204. The SMILES string of the molecule is c1ccc2cc(-c3c4ccccc4c(-c4ccc5sc6ccc7ccoc7c6c5c4)c4ccccc34)ccc2c1. The highest BCUT2D eigenvalue weighted by Crippen LogP contribution is 2.46. The zero-order valence-corrected chi connectivity index (χ0v) is 22.3. The van der Waals surface area contributed by atoms with Gasteiger partial charge in [-0.25, -0.2) is 0 Å². The Bertz CT molecular complexity index is 2380. The lowest BCUT2D eigenvalue weighted by Gasteiger charge is -2.18. The molecule has 2 heterocycles. The number of furan rings is 1. The minimum Gasteiger partial charge on any atom is -0.464 e. The summed E-state index contributed by atoms with van der Waals surface area (Å²) in [6, 6.07) is 46.6. The summed E-state index contributed by atoms with van der Waals surface area (Å²) in [7, 11) is 0. The molecule has 0 aliphatic heterocycles. The van der Waals surface area contributed by atoms with Gasteiger partial charge >= 0.3 is 0 Å². The van der Waals surface area contributed by atoms with Gasteiger partial charge in [-0.3, -0.25) is 0 Å². The minimum atomic E-state index is 0.974. The van der Waals surface area contributed by atoms with Crippen molar-refractivity contribution >= 4 is 74.8 Å². The Hall–Kier alpha value is -4.92. The van der Waals surface area contributed by atoms with Crippen LogP contribution in [0.4, 0.5) is 0 Å². The number of benzene rings is 7. The summed E-state index contributed by atoms with van der Waals surface area (Å²) >= 11 is 1.83. The summed E-state index contributed by atoms with van der Waals surface area (Å²) < 4.78 is 8.53. The van der Waals surface area contributed by atoms with Crippen LogP contribution in [-0.2, 0) is 0 Å². The molecule has 40 heavy (non-hydrogen) atoms. The maximum atomic E-state index is 5.99. The lowest BCUT2D eigenvalue weighted by atomic mass is 9.85. The molecule has 0 bridgehead atoms. The smallest absolute Gasteiger partial charge is 0.143 e. The van der Waals surface area contributed by atoms with Crippen molar-refractivity contribution in [1.82, 2.24) is 0 Å². The van der Waals surface area contributed by atoms with E-state index in [0.717, 1.165) is 11.0 Å². The van der Waals surface area contributed by atoms with Crippen LogP contribution in [0.15, 0.2) is 138 Å². The molecule has 0 aliphatic rings. The molecule has 0 aliphatic carbocycles. The maximum absolute atomic E-state index is 5.99. The Kier molecular flexibility index (Phi) is 4.55. The van der Waals surface area contributed by atoms with Crippen LogP contribution in [0.5, 0.6) is 0 Å². The van der Waals surface area contributed by atoms with Gasteiger partial charge in [-0.1, -0.05) is 91.0 Å². The average Bonchev–Trinajstić information content (AvgIpc) is 3.63. The van der Waals surface area contributed by atoms with E-state index in [9.17, 15) is 0 Å². The van der Waals surface area contributed by atoms with Gasteiger partial charge < -0.3 is 4.42 Å². The van der Waals surface area contributed by atoms with Crippen LogP contribution in [0.25, 0.3) is 85.7 Å². The van der Waals surface area contributed by atoms with E-state index in [4.69, 9.17) is 4.42 Å². The molecule has 0 atom stereocenters. The van der Waals surface area contributed by atoms with Gasteiger partial charge in [0.2, 0.25) is 0 Å². The molecule has 2 aromatic heterocycles. The second-order valence-electron chi connectivity index (χ2n) is 10.5. The van der Waals surface area contributed by atoms with Crippen LogP contribution in [0.3, 0.4) is 0 Å². The third kappa shape index (κ3) is 3.08. The van der Waals surface area contributed by atoms with E-state index in [1.165, 1.54) is 74.7 Å². The molecule has 0 saturated carbocycles. The normalized spacial score (nSPS) is 12.0. The van der Waals surface area contributed by atoms with Crippen molar-refractivity contribution in [3.8, 4) is 22.3 Å². The molecule has 0 unspecified atom stereocenters. The lowest BCUT2D eigenvalue weighted by Crippen LogP contribution is -1.91. The number of hydrogen-bond acceptors (Lipinski definition) is 2. The first-order chi connectivity index (χ1) is 19.8. The fourth-order valence-electron chi connectivity index (χ4n) is 6.54. The summed E-state index contributed by atoms with van der Waals surface area (Å²) in [5, 5.41) is 11.2. The second-order valence-corrected chi connectivity index (χ2v) is 11.6. The third-order valence-electron chi connectivity index (χ3n) is 8.31. The van der Waals surface area contributed by atoms with E-state index in [1.54, 1.807) is 6.26 Å². The highest BCUT2D eigenvalue weighted by molar-refractivity contribution is 7.26. The van der Waals surface area contributed by atoms with E-state index in [2.05, 4.69) is 127 Å². The highest BCUT2D eigenvalue weighted by atomic mass is 32.1. The maximum Gasteiger partial charge on any atom is 0.143 e. The lowest BCUT2D eigenvalue weighted by molar-refractivity contribution is 0.619. The monoisotopic (exact) mass is 526 g/mol. The van der Waals surface area contributed by atoms with Crippen molar-refractivity contribution < 1.29 is 4.42 Å². The first kappa shape index (κ1) is 22.0. The van der Waals surface area contributed by atoms with Gasteiger partial charge in [-0.2, -0.15) is 0 Å². The molecule has 9 aromatic rings. The van der Waals surface area contributed by atoms with Crippen molar-refractivity contribution in [2.24, 2.45) is 0 Å². The molecule has 186 valence electrons. The van der Waals surface area contributed by atoms with Crippen molar-refractivity contribution in [3.05, 3.63) is 134 Å². The van der Waals surface area contributed by atoms with Crippen LogP contribution in [-0.4, -0.2) is 0 Å². The van der Waals surface area contributed by atoms with Crippen LogP contribution < -0.4 is 0 Å². The van der Waals surface area contributed by atoms with E-state index in [1.807, 2.05) is 11.3 Å². The van der Waals surface area contributed by atoms with Crippen LogP contribution in [0.1, 0.15) is 0 Å². The van der Waals surface area contributed by atoms with Gasteiger partial charge in [0, 0.05) is 25.6 Å². The first-order valence-electron chi connectivity index (χ1n) is 13.6. The second kappa shape index (κ2) is 8.29. The Labute approximate surface area is 234 Å². The molecule has 0 amide bonds. The minimum absolute atomic E-state index is 0.974. The molecular formula is C38H22OS.